The first-order valence-electron chi connectivity index (χ1n) is 8.20. The van der Waals surface area contributed by atoms with Gasteiger partial charge >= 0.3 is 5.69 Å². The Labute approximate surface area is 143 Å². The molecule has 0 aliphatic carbocycles. The van der Waals surface area contributed by atoms with Gasteiger partial charge in [-0.05, 0) is 25.1 Å². The van der Waals surface area contributed by atoms with Gasteiger partial charge in [0, 0.05) is 37.2 Å². The van der Waals surface area contributed by atoms with Gasteiger partial charge in [-0.3, -0.25) is 18.8 Å². The van der Waals surface area contributed by atoms with Crippen LogP contribution >= 0.6 is 0 Å². The highest BCUT2D eigenvalue weighted by Crippen LogP contribution is 2.38. The van der Waals surface area contributed by atoms with E-state index >= 15 is 0 Å². The fourth-order valence-electron chi connectivity index (χ4n) is 3.82. The number of benzene rings is 1. The third kappa shape index (κ3) is 2.09. The van der Waals surface area contributed by atoms with E-state index in [2.05, 4.69) is 11.1 Å². The summed E-state index contributed by atoms with van der Waals surface area (Å²) in [5.41, 5.74) is 2.29. The molecule has 1 aromatic carbocycles. The van der Waals surface area contributed by atoms with Gasteiger partial charge in [-0.25, -0.2) is 4.79 Å². The number of H-pyrrole nitrogens is 1. The number of aromatic nitrogens is 3. The summed E-state index contributed by atoms with van der Waals surface area (Å²) in [7, 11) is 4.82. The van der Waals surface area contributed by atoms with E-state index in [4.69, 9.17) is 0 Å². The van der Waals surface area contributed by atoms with Crippen LogP contribution in [0, 0.1) is 0 Å². The molecule has 0 radical (unpaired) electrons. The Morgan fingerprint density at radius 2 is 1.84 bits per heavy atom. The molecule has 4 rings (SSSR count). The highest BCUT2D eigenvalue weighted by atomic mass is 16.3. The lowest BCUT2D eigenvalue weighted by Crippen LogP contribution is -2.43. The molecule has 0 unspecified atom stereocenters. The Morgan fingerprint density at radius 3 is 2.60 bits per heavy atom. The predicted octanol–water partition coefficient (Wildman–Crippen LogP) is 0.848. The van der Waals surface area contributed by atoms with Gasteiger partial charge in [0.25, 0.3) is 5.56 Å². The normalized spacial score (nSPS) is 17.8. The van der Waals surface area contributed by atoms with Crippen LogP contribution in [0.25, 0.3) is 10.9 Å². The molecule has 1 aliphatic heterocycles. The van der Waals surface area contributed by atoms with Crippen molar-refractivity contribution in [2.45, 2.75) is 12.5 Å². The fourth-order valence-corrected chi connectivity index (χ4v) is 3.82. The second kappa shape index (κ2) is 5.35. The first kappa shape index (κ1) is 15.7. The molecule has 0 spiro atoms. The van der Waals surface area contributed by atoms with Crippen molar-refractivity contribution in [3.05, 3.63) is 61.9 Å². The van der Waals surface area contributed by atoms with Crippen LogP contribution in [0.2, 0.25) is 0 Å². The second-order valence-corrected chi connectivity index (χ2v) is 6.64. The van der Waals surface area contributed by atoms with Crippen LogP contribution in [0.4, 0.5) is 0 Å². The number of hydrogen-bond acceptors (Lipinski definition) is 4. The molecule has 0 bridgehead atoms. The lowest BCUT2D eigenvalue weighted by atomic mass is 9.94. The van der Waals surface area contributed by atoms with Crippen LogP contribution in [0.3, 0.4) is 0 Å². The van der Waals surface area contributed by atoms with Crippen molar-refractivity contribution >= 4 is 10.9 Å². The fraction of sp³-hybridized carbons (Fsp3) is 0.333. The molecule has 2 N–H and O–H groups in total. The maximum Gasteiger partial charge on any atom is 0.333 e. The summed E-state index contributed by atoms with van der Waals surface area (Å²) in [4.78, 5) is 30.3. The minimum absolute atomic E-state index is 0.222. The average molecular weight is 340 g/mol. The molecule has 3 aromatic rings. The number of fused-ring (bicyclic) bond motifs is 3. The van der Waals surface area contributed by atoms with Crippen molar-refractivity contribution in [3.63, 3.8) is 0 Å². The minimum Gasteiger partial charge on any atom is -0.494 e. The van der Waals surface area contributed by atoms with Gasteiger partial charge in [0.2, 0.25) is 5.88 Å². The molecule has 7 heteroatoms. The number of nitrogens with zero attached hydrogens (tertiary/aromatic N) is 3. The zero-order chi connectivity index (χ0) is 17.9. The number of likely N-dealkylation sites (N-methyl/N-ethyl adjacent to an activating group) is 1. The van der Waals surface area contributed by atoms with Crippen LogP contribution < -0.4 is 11.2 Å². The number of para-hydroxylation sites is 1. The van der Waals surface area contributed by atoms with E-state index in [0.29, 0.717) is 0 Å². The Hall–Kier alpha value is -2.80. The van der Waals surface area contributed by atoms with E-state index in [1.54, 1.807) is 0 Å². The molecule has 1 atom stereocenters. The standard InChI is InChI=1S/C18H20N4O3/c1-20-9-8-11-10-6-4-5-7-12(10)19-14(11)15(20)13-16(23)21(2)18(25)22(3)17(13)24/h4-7,15,19,23H,8-9H2,1-3H3/t15-/m1/s1. The van der Waals surface area contributed by atoms with Gasteiger partial charge in [-0.1, -0.05) is 18.2 Å². The molecular formula is C18H20N4O3. The lowest BCUT2D eigenvalue weighted by Gasteiger charge is -2.33. The quantitative estimate of drug-likeness (QED) is 0.688. The van der Waals surface area contributed by atoms with E-state index in [1.165, 1.54) is 14.1 Å². The predicted molar refractivity (Wildman–Crippen MR) is 95.1 cm³/mol. The summed E-state index contributed by atoms with van der Waals surface area (Å²) in [5.74, 6) is -0.281. The van der Waals surface area contributed by atoms with Crippen LogP contribution in [0.5, 0.6) is 5.88 Å². The molecule has 2 aromatic heterocycles. The SMILES string of the molecule is CN1CCc2c([nH]c3ccccc23)[C@H]1c1c(O)n(C)c(=O)n(C)c1=O. The number of nitrogens with one attached hydrogen (secondary N) is 1. The largest absolute Gasteiger partial charge is 0.494 e. The van der Waals surface area contributed by atoms with Gasteiger partial charge in [-0.15, -0.1) is 0 Å². The van der Waals surface area contributed by atoms with E-state index in [9.17, 15) is 14.7 Å². The molecule has 7 nitrogen and oxygen atoms in total. The van der Waals surface area contributed by atoms with E-state index in [-0.39, 0.29) is 11.4 Å². The molecule has 1 aliphatic rings. The molecule has 0 saturated carbocycles. The third-order valence-electron chi connectivity index (χ3n) is 5.22. The molecular weight excluding hydrogens is 320 g/mol. The van der Waals surface area contributed by atoms with Crippen molar-refractivity contribution in [1.82, 2.24) is 19.0 Å². The van der Waals surface area contributed by atoms with Crippen molar-refractivity contribution < 1.29 is 5.11 Å². The second-order valence-electron chi connectivity index (χ2n) is 6.64. The smallest absolute Gasteiger partial charge is 0.333 e. The van der Waals surface area contributed by atoms with Crippen molar-refractivity contribution in [3.8, 4) is 5.88 Å². The Morgan fingerprint density at radius 1 is 1.12 bits per heavy atom. The Balaban J connectivity index is 2.05. The summed E-state index contributed by atoms with van der Waals surface area (Å²) in [6, 6.07) is 7.59. The summed E-state index contributed by atoms with van der Waals surface area (Å²) in [6.45, 7) is 0.755. The van der Waals surface area contributed by atoms with Crippen LogP contribution in [0.1, 0.15) is 22.9 Å². The summed E-state index contributed by atoms with van der Waals surface area (Å²) >= 11 is 0. The van der Waals surface area contributed by atoms with E-state index in [1.807, 2.05) is 30.1 Å². The van der Waals surface area contributed by atoms with E-state index < -0.39 is 17.3 Å². The minimum atomic E-state index is -0.540. The molecule has 3 heterocycles. The highest BCUT2D eigenvalue weighted by molar-refractivity contribution is 5.85. The van der Waals surface area contributed by atoms with Crippen LogP contribution in [-0.4, -0.2) is 37.7 Å². The first-order chi connectivity index (χ1) is 11.9. The zero-order valence-electron chi connectivity index (χ0n) is 14.4. The van der Waals surface area contributed by atoms with Crippen LogP contribution in [0.15, 0.2) is 33.9 Å². The zero-order valence-corrected chi connectivity index (χ0v) is 14.4. The van der Waals surface area contributed by atoms with Gasteiger partial charge in [0.1, 0.15) is 5.56 Å². The monoisotopic (exact) mass is 340 g/mol. The molecule has 130 valence electrons. The van der Waals surface area contributed by atoms with Gasteiger partial charge in [0.05, 0.1) is 6.04 Å². The molecule has 0 amide bonds. The number of hydrogen-bond donors (Lipinski definition) is 2. The highest BCUT2D eigenvalue weighted by Gasteiger charge is 2.34. The number of rotatable bonds is 1. The topological polar surface area (TPSA) is 83.3 Å². The van der Waals surface area contributed by atoms with Crippen molar-refractivity contribution in [2.24, 2.45) is 14.1 Å². The van der Waals surface area contributed by atoms with Crippen molar-refractivity contribution in [1.29, 1.82) is 0 Å². The Kier molecular flexibility index (Phi) is 3.36. The molecule has 0 fully saturated rings. The van der Waals surface area contributed by atoms with Crippen molar-refractivity contribution in [2.75, 3.05) is 13.6 Å². The third-order valence-corrected chi connectivity index (χ3v) is 5.22. The maximum absolute atomic E-state index is 12.8. The van der Waals surface area contributed by atoms with Gasteiger partial charge in [-0.2, -0.15) is 0 Å². The lowest BCUT2D eigenvalue weighted by molar-refractivity contribution is 0.249. The summed E-state index contributed by atoms with van der Waals surface area (Å²) in [5, 5.41) is 11.7. The van der Waals surface area contributed by atoms with Crippen LogP contribution in [-0.2, 0) is 20.5 Å². The Bertz CT molecular complexity index is 1110. The molecule has 25 heavy (non-hydrogen) atoms. The maximum atomic E-state index is 12.8. The summed E-state index contributed by atoms with van der Waals surface area (Å²) in [6.07, 6.45) is 0.860. The molecule has 0 saturated heterocycles. The van der Waals surface area contributed by atoms with Gasteiger partial charge in [0.15, 0.2) is 0 Å². The average Bonchev–Trinajstić information content (AvgIpc) is 2.99. The number of aromatic amines is 1. The summed E-state index contributed by atoms with van der Waals surface area (Å²) < 4.78 is 2.15. The first-order valence-corrected chi connectivity index (χ1v) is 8.20. The van der Waals surface area contributed by atoms with Gasteiger partial charge < -0.3 is 10.1 Å². The number of aromatic hydroxyl groups is 1. The van der Waals surface area contributed by atoms with E-state index in [0.717, 1.165) is 44.3 Å².